The van der Waals surface area contributed by atoms with Gasteiger partial charge >= 0.3 is 0 Å². The molecule has 2 aromatic heterocycles. The first-order chi connectivity index (χ1) is 9.19. The van der Waals surface area contributed by atoms with E-state index in [-0.39, 0.29) is 0 Å². The van der Waals surface area contributed by atoms with Crippen LogP contribution >= 0.6 is 22.9 Å². The quantitative estimate of drug-likeness (QED) is 0.878. The molecule has 1 aliphatic carbocycles. The standard InChI is InChI=1S/C13H16ClN3OS/c1-3-9-6-10-11(15-7-4-8(5-7)18-2)16-13(14)17-12(10)19-9/h6-8H,3-5H2,1-2H3,(H,15,16,17). The van der Waals surface area contributed by atoms with Crippen molar-refractivity contribution in [2.75, 3.05) is 12.4 Å². The van der Waals surface area contributed by atoms with Gasteiger partial charge in [0.25, 0.3) is 0 Å². The topological polar surface area (TPSA) is 47.0 Å². The van der Waals surface area contributed by atoms with Crippen LogP contribution in [0.5, 0.6) is 0 Å². The molecule has 0 saturated heterocycles. The summed E-state index contributed by atoms with van der Waals surface area (Å²) in [6.07, 6.45) is 3.42. The highest BCUT2D eigenvalue weighted by molar-refractivity contribution is 7.18. The van der Waals surface area contributed by atoms with Crippen LogP contribution in [-0.2, 0) is 11.2 Å². The second kappa shape index (κ2) is 5.23. The van der Waals surface area contributed by atoms with Gasteiger partial charge in [-0.1, -0.05) is 6.92 Å². The molecule has 1 N–H and O–H groups in total. The van der Waals surface area contributed by atoms with Gasteiger partial charge in [0.2, 0.25) is 5.28 Å². The molecule has 6 heteroatoms. The molecule has 0 bridgehead atoms. The summed E-state index contributed by atoms with van der Waals surface area (Å²) in [7, 11) is 1.76. The van der Waals surface area contributed by atoms with Gasteiger partial charge in [-0.15, -0.1) is 11.3 Å². The van der Waals surface area contributed by atoms with Crippen molar-refractivity contribution < 1.29 is 4.74 Å². The van der Waals surface area contributed by atoms with E-state index in [4.69, 9.17) is 16.3 Å². The zero-order valence-electron chi connectivity index (χ0n) is 10.9. The van der Waals surface area contributed by atoms with Crippen LogP contribution in [0.3, 0.4) is 0 Å². The minimum atomic E-state index is 0.308. The fourth-order valence-electron chi connectivity index (χ4n) is 2.30. The van der Waals surface area contributed by atoms with E-state index in [1.54, 1.807) is 18.4 Å². The number of nitrogens with one attached hydrogen (secondary N) is 1. The molecule has 0 atom stereocenters. The first-order valence-electron chi connectivity index (χ1n) is 6.45. The van der Waals surface area contributed by atoms with Crippen molar-refractivity contribution in [3.05, 3.63) is 16.2 Å². The lowest BCUT2D eigenvalue weighted by Gasteiger charge is -2.35. The maximum absolute atomic E-state index is 6.00. The fraction of sp³-hybridized carbons (Fsp3) is 0.538. The summed E-state index contributed by atoms with van der Waals surface area (Å²) in [5.74, 6) is 0.852. The van der Waals surface area contributed by atoms with Crippen molar-refractivity contribution in [3.63, 3.8) is 0 Å². The van der Waals surface area contributed by atoms with E-state index in [9.17, 15) is 0 Å². The summed E-state index contributed by atoms with van der Waals surface area (Å²) < 4.78 is 5.29. The lowest BCUT2D eigenvalue weighted by molar-refractivity contribution is 0.0328. The predicted molar refractivity (Wildman–Crippen MR) is 79.2 cm³/mol. The third-order valence-corrected chi connectivity index (χ3v) is 4.88. The number of hydrogen-bond donors (Lipinski definition) is 1. The smallest absolute Gasteiger partial charge is 0.225 e. The molecule has 0 aliphatic heterocycles. The number of methoxy groups -OCH3 is 1. The molecule has 0 aromatic carbocycles. The Labute approximate surface area is 121 Å². The number of aromatic nitrogens is 2. The van der Waals surface area contributed by atoms with Crippen LogP contribution in [0.2, 0.25) is 5.28 Å². The van der Waals surface area contributed by atoms with Crippen LogP contribution in [0.4, 0.5) is 5.82 Å². The number of thiophene rings is 1. The average molecular weight is 298 g/mol. The van der Waals surface area contributed by atoms with Gasteiger partial charge in [-0.25, -0.2) is 9.97 Å². The predicted octanol–water partition coefficient (Wildman–Crippen LogP) is 3.50. The molecular weight excluding hydrogens is 282 g/mol. The highest BCUT2D eigenvalue weighted by Gasteiger charge is 2.29. The molecule has 0 radical (unpaired) electrons. The summed E-state index contributed by atoms with van der Waals surface area (Å²) in [5.41, 5.74) is 0. The largest absolute Gasteiger partial charge is 0.381 e. The normalized spacial score (nSPS) is 22.5. The monoisotopic (exact) mass is 297 g/mol. The van der Waals surface area contributed by atoms with E-state index >= 15 is 0 Å². The number of rotatable bonds is 4. The van der Waals surface area contributed by atoms with Gasteiger partial charge in [0, 0.05) is 18.0 Å². The van der Waals surface area contributed by atoms with E-state index in [0.717, 1.165) is 35.3 Å². The SMILES string of the molecule is CCc1cc2c(NC3CC(OC)C3)nc(Cl)nc2s1. The fourth-order valence-corrected chi connectivity index (χ4v) is 3.49. The number of fused-ring (bicyclic) bond motifs is 1. The molecule has 0 spiro atoms. The summed E-state index contributed by atoms with van der Waals surface area (Å²) in [6, 6.07) is 2.58. The van der Waals surface area contributed by atoms with Crippen LogP contribution < -0.4 is 5.32 Å². The zero-order chi connectivity index (χ0) is 13.4. The first kappa shape index (κ1) is 13.1. The first-order valence-corrected chi connectivity index (χ1v) is 7.64. The Hall–Kier alpha value is -0.910. The number of aryl methyl sites for hydroxylation is 1. The van der Waals surface area contributed by atoms with E-state index < -0.39 is 0 Å². The molecule has 2 heterocycles. The molecule has 0 amide bonds. The van der Waals surface area contributed by atoms with Crippen molar-refractivity contribution in [2.45, 2.75) is 38.3 Å². The van der Waals surface area contributed by atoms with Crippen molar-refractivity contribution in [2.24, 2.45) is 0 Å². The number of anilines is 1. The lowest BCUT2D eigenvalue weighted by atomic mass is 9.89. The Morgan fingerprint density at radius 1 is 1.47 bits per heavy atom. The van der Waals surface area contributed by atoms with E-state index in [0.29, 0.717) is 17.4 Å². The second-order valence-electron chi connectivity index (χ2n) is 4.80. The van der Waals surface area contributed by atoms with Crippen molar-refractivity contribution in [3.8, 4) is 0 Å². The minimum absolute atomic E-state index is 0.308. The molecule has 4 nitrogen and oxygen atoms in total. The van der Waals surface area contributed by atoms with Crippen LogP contribution in [0.1, 0.15) is 24.6 Å². The van der Waals surface area contributed by atoms with E-state index in [1.807, 2.05) is 0 Å². The highest BCUT2D eigenvalue weighted by Crippen LogP contribution is 2.33. The number of hydrogen-bond acceptors (Lipinski definition) is 5. The van der Waals surface area contributed by atoms with Gasteiger partial charge in [-0.2, -0.15) is 0 Å². The molecule has 3 rings (SSSR count). The zero-order valence-corrected chi connectivity index (χ0v) is 12.5. The number of halogens is 1. The molecule has 1 saturated carbocycles. The summed E-state index contributed by atoms with van der Waals surface area (Å²) in [6.45, 7) is 2.14. The van der Waals surface area contributed by atoms with Gasteiger partial charge < -0.3 is 10.1 Å². The van der Waals surface area contributed by atoms with Gasteiger partial charge in [-0.3, -0.25) is 0 Å². The Balaban J connectivity index is 1.87. The van der Waals surface area contributed by atoms with Crippen LogP contribution in [-0.4, -0.2) is 29.2 Å². The minimum Gasteiger partial charge on any atom is -0.381 e. The van der Waals surface area contributed by atoms with Crippen LogP contribution in [0.25, 0.3) is 10.2 Å². The maximum Gasteiger partial charge on any atom is 0.225 e. The van der Waals surface area contributed by atoms with Crippen molar-refractivity contribution in [1.29, 1.82) is 0 Å². The summed E-state index contributed by atoms with van der Waals surface area (Å²) >= 11 is 7.68. The second-order valence-corrected chi connectivity index (χ2v) is 6.25. The van der Waals surface area contributed by atoms with Crippen LogP contribution in [0, 0.1) is 0 Å². The Bertz CT molecular complexity index is 595. The molecule has 2 aromatic rings. The van der Waals surface area contributed by atoms with Crippen LogP contribution in [0.15, 0.2) is 6.07 Å². The third kappa shape index (κ3) is 2.55. The molecule has 0 unspecified atom stereocenters. The Morgan fingerprint density at radius 3 is 2.95 bits per heavy atom. The van der Waals surface area contributed by atoms with Gasteiger partial charge in [0.1, 0.15) is 10.6 Å². The van der Waals surface area contributed by atoms with E-state index in [1.165, 1.54) is 4.88 Å². The lowest BCUT2D eigenvalue weighted by Crippen LogP contribution is -2.40. The summed E-state index contributed by atoms with van der Waals surface area (Å²) in [4.78, 5) is 10.9. The average Bonchev–Trinajstić information content (AvgIpc) is 2.75. The Kier molecular flexibility index (Phi) is 3.60. The Morgan fingerprint density at radius 2 is 2.26 bits per heavy atom. The van der Waals surface area contributed by atoms with Gasteiger partial charge in [0.05, 0.1) is 11.5 Å². The van der Waals surface area contributed by atoms with Crippen molar-refractivity contribution in [1.82, 2.24) is 9.97 Å². The van der Waals surface area contributed by atoms with Gasteiger partial charge in [-0.05, 0) is 36.9 Å². The molecule has 19 heavy (non-hydrogen) atoms. The molecule has 1 aliphatic rings. The maximum atomic E-state index is 6.00. The van der Waals surface area contributed by atoms with E-state index in [2.05, 4.69) is 28.3 Å². The molecule has 1 fully saturated rings. The number of ether oxygens (including phenoxy) is 1. The number of nitrogens with zero attached hydrogens (tertiary/aromatic N) is 2. The third-order valence-electron chi connectivity index (χ3n) is 3.53. The van der Waals surface area contributed by atoms with Gasteiger partial charge in [0.15, 0.2) is 0 Å². The van der Waals surface area contributed by atoms with Crippen molar-refractivity contribution >= 4 is 39.0 Å². The molecule has 102 valence electrons. The molecular formula is C13H16ClN3OS. The summed E-state index contributed by atoms with van der Waals surface area (Å²) in [5, 5.41) is 4.84. The highest BCUT2D eigenvalue weighted by atomic mass is 35.5.